The fourth-order valence-corrected chi connectivity index (χ4v) is 2.91. The first kappa shape index (κ1) is 16.0. The van der Waals surface area contributed by atoms with Crippen LogP contribution in [0.5, 0.6) is 11.5 Å². The molecule has 3 rings (SSSR count). The van der Waals surface area contributed by atoms with Crippen molar-refractivity contribution in [2.24, 2.45) is 7.05 Å². The van der Waals surface area contributed by atoms with Gasteiger partial charge in [0.1, 0.15) is 0 Å². The predicted molar refractivity (Wildman–Crippen MR) is 89.1 cm³/mol. The number of aromatic hydroxyl groups is 2. The van der Waals surface area contributed by atoms with E-state index in [0.29, 0.717) is 16.5 Å². The molecule has 0 saturated heterocycles. The average molecular weight is 342 g/mol. The van der Waals surface area contributed by atoms with Crippen LogP contribution in [-0.4, -0.2) is 41.5 Å². The Labute approximate surface area is 142 Å². The molecule has 122 valence electrons. The Morgan fingerprint density at radius 1 is 1.12 bits per heavy atom. The second-order valence-corrected chi connectivity index (χ2v) is 5.96. The van der Waals surface area contributed by atoms with Crippen LogP contribution in [0.3, 0.4) is 0 Å². The molecule has 3 aromatic rings. The topological polar surface area (TPSA) is 101 Å². The van der Waals surface area contributed by atoms with Gasteiger partial charge in [0.05, 0.1) is 5.75 Å². The summed E-state index contributed by atoms with van der Waals surface area (Å²) in [5, 5.41) is 27.6. The van der Waals surface area contributed by atoms with Gasteiger partial charge in [-0.2, -0.15) is 0 Å². The number of rotatable bonds is 5. The van der Waals surface area contributed by atoms with Crippen molar-refractivity contribution in [3.63, 3.8) is 0 Å². The van der Waals surface area contributed by atoms with Gasteiger partial charge >= 0.3 is 0 Å². The lowest BCUT2D eigenvalue weighted by molar-refractivity contribution is 0.102. The number of ketones is 1. The Morgan fingerprint density at radius 2 is 1.88 bits per heavy atom. The summed E-state index contributed by atoms with van der Waals surface area (Å²) in [5.41, 5.74) is 1.22. The quantitative estimate of drug-likeness (QED) is 0.416. The predicted octanol–water partition coefficient (Wildman–Crippen LogP) is 2.26. The molecule has 2 N–H and O–H groups in total. The molecule has 0 aliphatic rings. The van der Waals surface area contributed by atoms with Gasteiger partial charge in [-0.15, -0.1) is 10.2 Å². The van der Waals surface area contributed by atoms with E-state index in [9.17, 15) is 15.0 Å². The summed E-state index contributed by atoms with van der Waals surface area (Å²) < 4.78 is 1.81. The van der Waals surface area contributed by atoms with Gasteiger partial charge in [-0.05, 0) is 30.3 Å². The van der Waals surface area contributed by atoms with Gasteiger partial charge in [0.2, 0.25) is 0 Å². The fourth-order valence-electron chi connectivity index (χ4n) is 2.10. The minimum Gasteiger partial charge on any atom is -0.504 e. The first-order valence-corrected chi connectivity index (χ1v) is 8.02. The van der Waals surface area contributed by atoms with Crippen molar-refractivity contribution in [2.75, 3.05) is 5.75 Å². The highest BCUT2D eigenvalue weighted by Gasteiger charge is 2.14. The zero-order valence-corrected chi connectivity index (χ0v) is 13.6. The molecule has 0 aliphatic carbocycles. The Hall–Kier alpha value is -2.87. The normalized spacial score (nSPS) is 10.7. The number of phenols is 2. The summed E-state index contributed by atoms with van der Waals surface area (Å²) in [5.74, 6) is 0.0874. The second kappa shape index (κ2) is 6.71. The van der Waals surface area contributed by atoms with Crippen LogP contribution >= 0.6 is 11.8 Å². The lowest BCUT2D eigenvalue weighted by Gasteiger charge is -2.04. The Morgan fingerprint density at radius 3 is 2.58 bits per heavy atom. The third-order valence-electron chi connectivity index (χ3n) is 3.40. The molecule has 0 aliphatic heterocycles. The van der Waals surface area contributed by atoms with Gasteiger partial charge in [0.15, 0.2) is 28.3 Å². The maximum absolute atomic E-state index is 12.2. The second-order valence-electron chi connectivity index (χ2n) is 5.02. The molecule has 0 saturated carbocycles. The molecule has 0 spiro atoms. The summed E-state index contributed by atoms with van der Waals surface area (Å²) >= 11 is 1.26. The maximum atomic E-state index is 12.2. The van der Waals surface area contributed by atoms with Crippen molar-refractivity contribution in [2.45, 2.75) is 5.16 Å². The van der Waals surface area contributed by atoms with Crippen molar-refractivity contribution < 1.29 is 15.0 Å². The minimum absolute atomic E-state index is 0.145. The first-order valence-electron chi connectivity index (χ1n) is 7.04. The summed E-state index contributed by atoms with van der Waals surface area (Å²) in [4.78, 5) is 16.2. The lowest BCUT2D eigenvalue weighted by atomic mass is 10.1. The molecule has 2 aromatic heterocycles. The number of thioether (sulfide) groups is 1. The molecule has 0 radical (unpaired) electrons. The number of carbonyl (C=O) groups excluding carboxylic acids is 1. The lowest BCUT2D eigenvalue weighted by Crippen LogP contribution is -2.04. The number of pyridine rings is 1. The molecule has 0 atom stereocenters. The van der Waals surface area contributed by atoms with E-state index in [-0.39, 0.29) is 23.0 Å². The molecular formula is C16H14N4O3S. The van der Waals surface area contributed by atoms with Crippen LogP contribution < -0.4 is 0 Å². The summed E-state index contributed by atoms with van der Waals surface area (Å²) in [6, 6.07) is 7.68. The number of carbonyl (C=O) groups is 1. The third kappa shape index (κ3) is 3.23. The van der Waals surface area contributed by atoms with E-state index in [1.807, 2.05) is 23.7 Å². The third-order valence-corrected chi connectivity index (χ3v) is 4.42. The van der Waals surface area contributed by atoms with Crippen LogP contribution in [0.25, 0.3) is 11.4 Å². The van der Waals surface area contributed by atoms with Crippen LogP contribution in [0.2, 0.25) is 0 Å². The molecule has 1 aromatic carbocycles. The number of hydrogen-bond donors (Lipinski definition) is 2. The van der Waals surface area contributed by atoms with E-state index in [4.69, 9.17) is 0 Å². The molecule has 7 nitrogen and oxygen atoms in total. The number of benzene rings is 1. The van der Waals surface area contributed by atoms with Gasteiger partial charge in [-0.3, -0.25) is 9.78 Å². The highest BCUT2D eigenvalue weighted by molar-refractivity contribution is 7.99. The van der Waals surface area contributed by atoms with E-state index >= 15 is 0 Å². The van der Waals surface area contributed by atoms with E-state index in [0.717, 1.165) is 5.56 Å². The smallest absolute Gasteiger partial charge is 0.191 e. The number of nitrogens with zero attached hydrogens (tertiary/aromatic N) is 4. The van der Waals surface area contributed by atoms with Crippen molar-refractivity contribution in [1.82, 2.24) is 19.7 Å². The van der Waals surface area contributed by atoms with E-state index in [1.54, 1.807) is 12.4 Å². The molecule has 0 fully saturated rings. The van der Waals surface area contributed by atoms with Crippen LogP contribution in [-0.2, 0) is 7.05 Å². The average Bonchev–Trinajstić information content (AvgIpc) is 2.96. The monoisotopic (exact) mass is 342 g/mol. The number of aromatic nitrogens is 4. The maximum Gasteiger partial charge on any atom is 0.191 e. The summed E-state index contributed by atoms with van der Waals surface area (Å²) in [6.45, 7) is 0. The van der Waals surface area contributed by atoms with Crippen LogP contribution in [0.1, 0.15) is 10.4 Å². The Kier molecular flexibility index (Phi) is 4.48. The van der Waals surface area contributed by atoms with Crippen LogP contribution in [0.4, 0.5) is 0 Å². The zero-order chi connectivity index (χ0) is 17.1. The van der Waals surface area contributed by atoms with Crippen LogP contribution in [0.15, 0.2) is 47.9 Å². The van der Waals surface area contributed by atoms with Gasteiger partial charge in [-0.1, -0.05) is 11.8 Å². The van der Waals surface area contributed by atoms with Gasteiger partial charge < -0.3 is 14.8 Å². The molecule has 0 bridgehead atoms. The minimum atomic E-state index is -0.315. The zero-order valence-electron chi connectivity index (χ0n) is 12.7. The Bertz CT molecular complexity index is 880. The van der Waals surface area contributed by atoms with Crippen molar-refractivity contribution >= 4 is 17.5 Å². The summed E-state index contributed by atoms with van der Waals surface area (Å²) in [6.07, 6.45) is 3.36. The standard InChI is InChI=1S/C16H14N4O3S/c1-20-15(10-4-6-17-7-5-10)18-19-16(20)24-9-14(23)11-2-3-12(21)13(22)8-11/h2-8,21-22H,9H2,1H3. The van der Waals surface area contributed by atoms with Crippen molar-refractivity contribution in [1.29, 1.82) is 0 Å². The highest BCUT2D eigenvalue weighted by atomic mass is 32.2. The van der Waals surface area contributed by atoms with Crippen LogP contribution in [0, 0.1) is 0 Å². The first-order chi connectivity index (χ1) is 11.6. The van der Waals surface area contributed by atoms with E-state index in [2.05, 4.69) is 15.2 Å². The molecule has 0 amide bonds. The molecule has 2 heterocycles. The van der Waals surface area contributed by atoms with Crippen molar-refractivity contribution in [3.05, 3.63) is 48.3 Å². The molecule has 8 heteroatoms. The van der Waals surface area contributed by atoms with Gasteiger partial charge in [0.25, 0.3) is 0 Å². The fraction of sp³-hybridized carbons (Fsp3) is 0.125. The number of Topliss-reactive ketones (excluding diaryl/α,β-unsaturated/α-hetero) is 1. The largest absolute Gasteiger partial charge is 0.504 e. The molecule has 0 unspecified atom stereocenters. The van der Waals surface area contributed by atoms with E-state index < -0.39 is 0 Å². The molecule has 24 heavy (non-hydrogen) atoms. The number of hydrogen-bond acceptors (Lipinski definition) is 7. The van der Waals surface area contributed by atoms with Gasteiger partial charge in [0, 0.05) is 30.6 Å². The number of phenolic OH excluding ortho intramolecular Hbond substituents is 2. The van der Waals surface area contributed by atoms with E-state index in [1.165, 1.54) is 30.0 Å². The Balaban J connectivity index is 1.72. The summed E-state index contributed by atoms with van der Waals surface area (Å²) in [7, 11) is 1.83. The van der Waals surface area contributed by atoms with Crippen molar-refractivity contribution in [3.8, 4) is 22.9 Å². The molecular weight excluding hydrogens is 328 g/mol. The van der Waals surface area contributed by atoms with Gasteiger partial charge in [-0.25, -0.2) is 0 Å². The highest BCUT2D eigenvalue weighted by Crippen LogP contribution is 2.27. The SMILES string of the molecule is Cn1c(SCC(=O)c2ccc(O)c(O)c2)nnc1-c1ccncc1.